The zero-order valence-corrected chi connectivity index (χ0v) is 19.2. The number of ketones is 1. The highest BCUT2D eigenvalue weighted by atomic mass is 16.5. The highest BCUT2D eigenvalue weighted by Gasteiger charge is 2.39. The van der Waals surface area contributed by atoms with Gasteiger partial charge in [-0.2, -0.15) is 4.98 Å². The van der Waals surface area contributed by atoms with Gasteiger partial charge in [-0.15, -0.1) is 5.10 Å². The van der Waals surface area contributed by atoms with Crippen molar-refractivity contribution in [2.75, 3.05) is 25.3 Å². The van der Waals surface area contributed by atoms with Gasteiger partial charge in [0.15, 0.2) is 17.3 Å². The fourth-order valence-corrected chi connectivity index (χ4v) is 4.81. The number of carbonyl (C=O) groups is 1. The van der Waals surface area contributed by atoms with Crippen LogP contribution in [0.25, 0.3) is 0 Å². The van der Waals surface area contributed by atoms with E-state index in [-0.39, 0.29) is 23.7 Å². The molecule has 2 atom stereocenters. The van der Waals surface area contributed by atoms with Crippen LogP contribution in [0.1, 0.15) is 47.1 Å². The summed E-state index contributed by atoms with van der Waals surface area (Å²) >= 11 is 0. The van der Waals surface area contributed by atoms with E-state index in [4.69, 9.17) is 15.2 Å². The van der Waals surface area contributed by atoms with Gasteiger partial charge in [0.1, 0.15) is 6.04 Å². The number of aromatic nitrogens is 3. The third-order valence-electron chi connectivity index (χ3n) is 6.66. The summed E-state index contributed by atoms with van der Waals surface area (Å²) in [6, 6.07) is 11.7. The van der Waals surface area contributed by atoms with Crippen LogP contribution in [0.4, 0.5) is 11.9 Å². The fourth-order valence-electron chi connectivity index (χ4n) is 4.81. The predicted molar refractivity (Wildman–Crippen MR) is 126 cm³/mol. The molecule has 1 aliphatic heterocycles. The van der Waals surface area contributed by atoms with Crippen molar-refractivity contribution < 1.29 is 14.3 Å². The number of carbonyl (C=O) groups excluding carboxylic acids is 1. The zero-order chi connectivity index (χ0) is 23.3. The number of allylic oxidation sites excluding steroid dienone is 2. The van der Waals surface area contributed by atoms with Crippen LogP contribution >= 0.6 is 0 Å². The normalized spacial score (nSPS) is 19.6. The number of fused-ring (bicyclic) bond motifs is 1. The SMILES string of the molecule is COc1ccc([C@@H]2CC(=O)C3=C(C2)Nc2nc(N)nn2[C@@H]3c2ccc(C)c(C)c2)cc1OC. The van der Waals surface area contributed by atoms with Gasteiger partial charge in [-0.1, -0.05) is 24.3 Å². The second-order valence-electron chi connectivity index (χ2n) is 8.64. The van der Waals surface area contributed by atoms with Gasteiger partial charge in [0, 0.05) is 17.7 Å². The maximum Gasteiger partial charge on any atom is 0.241 e. The fraction of sp³-hybridized carbons (Fsp3) is 0.320. The molecule has 3 N–H and O–H groups in total. The first-order valence-corrected chi connectivity index (χ1v) is 10.9. The Hall–Kier alpha value is -3.81. The van der Waals surface area contributed by atoms with E-state index in [2.05, 4.69) is 47.4 Å². The number of hydrogen-bond acceptors (Lipinski definition) is 7. The Labute approximate surface area is 192 Å². The Balaban J connectivity index is 1.58. The number of rotatable bonds is 4. The number of anilines is 2. The predicted octanol–water partition coefficient (Wildman–Crippen LogP) is 3.91. The molecule has 3 aromatic rings. The molecule has 0 saturated carbocycles. The Morgan fingerprint density at radius 2 is 1.76 bits per heavy atom. The minimum absolute atomic E-state index is 0.00998. The molecule has 0 bridgehead atoms. The molecular formula is C25H27N5O3. The molecule has 0 fully saturated rings. The molecule has 8 nitrogen and oxygen atoms in total. The molecule has 2 aliphatic rings. The van der Waals surface area contributed by atoms with Crippen LogP contribution in [0.15, 0.2) is 47.7 Å². The van der Waals surface area contributed by atoms with E-state index < -0.39 is 0 Å². The molecular weight excluding hydrogens is 418 g/mol. The Bertz CT molecular complexity index is 1290. The molecule has 2 heterocycles. The number of aryl methyl sites for hydroxylation is 2. The van der Waals surface area contributed by atoms with Gasteiger partial charge in [0.2, 0.25) is 11.9 Å². The highest BCUT2D eigenvalue weighted by Crippen LogP contribution is 2.45. The second-order valence-corrected chi connectivity index (χ2v) is 8.64. The number of nitrogen functional groups attached to an aromatic ring is 1. The third kappa shape index (κ3) is 3.51. The number of Topliss-reactive ketones (excluding diaryl/α,β-unsaturated/α-hetero) is 1. The van der Waals surface area contributed by atoms with Gasteiger partial charge >= 0.3 is 0 Å². The van der Waals surface area contributed by atoms with Gasteiger partial charge in [-0.05, 0) is 60.6 Å². The van der Waals surface area contributed by atoms with Crippen molar-refractivity contribution in [3.63, 3.8) is 0 Å². The van der Waals surface area contributed by atoms with Crippen molar-refractivity contribution in [3.05, 3.63) is 69.9 Å². The van der Waals surface area contributed by atoms with E-state index in [0.29, 0.717) is 30.3 Å². The molecule has 1 aliphatic carbocycles. The average molecular weight is 446 g/mol. The van der Waals surface area contributed by atoms with Crippen molar-refractivity contribution in [2.24, 2.45) is 0 Å². The van der Waals surface area contributed by atoms with E-state index in [1.807, 2.05) is 18.2 Å². The summed E-state index contributed by atoms with van der Waals surface area (Å²) < 4.78 is 12.6. The largest absolute Gasteiger partial charge is 0.493 e. The van der Waals surface area contributed by atoms with Crippen LogP contribution in [0.3, 0.4) is 0 Å². The summed E-state index contributed by atoms with van der Waals surface area (Å²) in [4.78, 5) is 18.0. The Morgan fingerprint density at radius 1 is 1.00 bits per heavy atom. The van der Waals surface area contributed by atoms with Gasteiger partial charge < -0.3 is 20.5 Å². The topological polar surface area (TPSA) is 104 Å². The van der Waals surface area contributed by atoms with E-state index >= 15 is 0 Å². The summed E-state index contributed by atoms with van der Waals surface area (Å²) in [7, 11) is 3.22. The third-order valence-corrected chi connectivity index (χ3v) is 6.66. The first kappa shape index (κ1) is 21.1. The second kappa shape index (κ2) is 7.95. The number of benzene rings is 2. The van der Waals surface area contributed by atoms with E-state index in [0.717, 1.165) is 28.0 Å². The van der Waals surface area contributed by atoms with E-state index in [1.165, 1.54) is 5.56 Å². The molecule has 1 aromatic heterocycles. The van der Waals surface area contributed by atoms with Crippen molar-refractivity contribution >= 4 is 17.7 Å². The summed E-state index contributed by atoms with van der Waals surface area (Å²) in [6.07, 6.45) is 1.07. The van der Waals surface area contributed by atoms with Crippen molar-refractivity contribution in [1.82, 2.24) is 14.8 Å². The van der Waals surface area contributed by atoms with Gasteiger partial charge in [-0.3, -0.25) is 4.79 Å². The standard InChI is InChI=1S/C25H27N5O3/c1-13-5-6-16(9-14(13)2)23-22-18(27-25-28-24(26)29-30(23)25)10-17(11-19(22)31)15-7-8-20(32-3)21(12-15)33-4/h5-9,12,17,23H,10-11H2,1-4H3,(H3,26,27,28,29)/t17-,23+/m0/s1. The van der Waals surface area contributed by atoms with Crippen LogP contribution in [-0.4, -0.2) is 34.8 Å². The minimum atomic E-state index is -0.362. The van der Waals surface area contributed by atoms with Gasteiger partial charge in [0.25, 0.3) is 0 Å². The Kier molecular flexibility index (Phi) is 5.08. The van der Waals surface area contributed by atoms with Crippen LogP contribution in [0.2, 0.25) is 0 Å². The van der Waals surface area contributed by atoms with Crippen molar-refractivity contribution in [2.45, 2.75) is 38.6 Å². The van der Waals surface area contributed by atoms with Crippen LogP contribution in [-0.2, 0) is 4.79 Å². The number of nitrogens with zero attached hydrogens (tertiary/aromatic N) is 3. The lowest BCUT2D eigenvalue weighted by Gasteiger charge is -2.35. The highest BCUT2D eigenvalue weighted by molar-refractivity contribution is 6.00. The lowest BCUT2D eigenvalue weighted by Crippen LogP contribution is -2.33. The number of nitrogens with one attached hydrogen (secondary N) is 1. The number of ether oxygens (including phenoxy) is 2. The smallest absolute Gasteiger partial charge is 0.241 e. The zero-order valence-electron chi connectivity index (χ0n) is 19.2. The molecule has 170 valence electrons. The number of hydrogen-bond donors (Lipinski definition) is 2. The minimum Gasteiger partial charge on any atom is -0.493 e. The van der Waals surface area contributed by atoms with Crippen LogP contribution in [0, 0.1) is 13.8 Å². The summed E-state index contributed by atoms with van der Waals surface area (Å²) in [5.74, 6) is 2.14. The average Bonchev–Trinajstić information content (AvgIpc) is 3.18. The lowest BCUT2D eigenvalue weighted by atomic mass is 9.77. The van der Waals surface area contributed by atoms with Crippen molar-refractivity contribution in [3.8, 4) is 11.5 Å². The first-order valence-electron chi connectivity index (χ1n) is 10.9. The molecule has 33 heavy (non-hydrogen) atoms. The van der Waals surface area contributed by atoms with Crippen LogP contribution in [0.5, 0.6) is 11.5 Å². The monoisotopic (exact) mass is 445 g/mol. The first-order chi connectivity index (χ1) is 15.9. The molecule has 0 radical (unpaired) electrons. The Morgan fingerprint density at radius 3 is 2.48 bits per heavy atom. The number of nitrogens with two attached hydrogens (primary N) is 1. The van der Waals surface area contributed by atoms with Crippen LogP contribution < -0.4 is 20.5 Å². The summed E-state index contributed by atoms with van der Waals surface area (Å²) in [6.45, 7) is 4.15. The molecule has 2 aromatic carbocycles. The van der Waals surface area contributed by atoms with E-state index in [9.17, 15) is 4.79 Å². The maximum atomic E-state index is 13.6. The lowest BCUT2D eigenvalue weighted by molar-refractivity contribution is -0.116. The quantitative estimate of drug-likeness (QED) is 0.627. The molecule has 8 heteroatoms. The molecule has 0 spiro atoms. The summed E-state index contributed by atoms with van der Waals surface area (Å²) in [5, 5.41) is 7.75. The number of methoxy groups -OCH3 is 2. The molecule has 5 rings (SSSR count). The maximum absolute atomic E-state index is 13.6. The van der Waals surface area contributed by atoms with E-state index in [1.54, 1.807) is 18.9 Å². The molecule has 0 amide bonds. The van der Waals surface area contributed by atoms with Gasteiger partial charge in [0.05, 0.1) is 14.2 Å². The molecule has 0 saturated heterocycles. The van der Waals surface area contributed by atoms with Crippen molar-refractivity contribution in [1.29, 1.82) is 0 Å². The summed E-state index contributed by atoms with van der Waals surface area (Å²) in [5.41, 5.74) is 11.9. The van der Waals surface area contributed by atoms with Gasteiger partial charge in [-0.25, -0.2) is 4.68 Å². The molecule has 0 unspecified atom stereocenters.